The fourth-order valence-corrected chi connectivity index (χ4v) is 3.68. The quantitative estimate of drug-likeness (QED) is 0.467. The van der Waals surface area contributed by atoms with Crippen molar-refractivity contribution in [2.75, 3.05) is 13.7 Å². The van der Waals surface area contributed by atoms with Crippen LogP contribution in [0.25, 0.3) is 11.0 Å². The number of hydrogen-bond donors (Lipinski definition) is 1. The van der Waals surface area contributed by atoms with Crippen LogP contribution in [-0.2, 0) is 25.4 Å². The van der Waals surface area contributed by atoms with Crippen LogP contribution in [0, 0.1) is 5.92 Å². The average Bonchev–Trinajstić information content (AvgIpc) is 2.74. The Balaban J connectivity index is 1.45. The number of amides is 1. The third-order valence-electron chi connectivity index (χ3n) is 5.50. The Kier molecular flexibility index (Phi) is 8.02. The van der Waals surface area contributed by atoms with Crippen molar-refractivity contribution in [1.29, 1.82) is 0 Å². The number of carbonyl (C=O) groups is 2. The molecule has 0 aromatic carbocycles. The Labute approximate surface area is 194 Å². The SMILES string of the molecule is COC(=O)C(NC(=O)OC(C)(C)C)=C(C)COC1CC(CCc2ccc3cccnc3n2)C1. The molecule has 0 radical (unpaired) electrons. The maximum Gasteiger partial charge on any atom is 0.412 e. The number of ether oxygens (including phenoxy) is 3. The van der Waals surface area contributed by atoms with E-state index in [0.717, 1.165) is 42.4 Å². The van der Waals surface area contributed by atoms with Crippen LogP contribution in [0.3, 0.4) is 0 Å². The lowest BCUT2D eigenvalue weighted by atomic mass is 9.79. The molecule has 0 saturated heterocycles. The van der Waals surface area contributed by atoms with E-state index in [2.05, 4.69) is 27.4 Å². The Bertz CT molecular complexity index is 1020. The van der Waals surface area contributed by atoms with Gasteiger partial charge in [-0.2, -0.15) is 0 Å². The number of rotatable bonds is 8. The van der Waals surface area contributed by atoms with Gasteiger partial charge in [-0.3, -0.25) is 5.32 Å². The van der Waals surface area contributed by atoms with Crippen molar-refractivity contribution >= 4 is 23.1 Å². The molecule has 0 bridgehead atoms. The lowest BCUT2D eigenvalue weighted by molar-refractivity contribution is -0.136. The summed E-state index contributed by atoms with van der Waals surface area (Å²) in [5.41, 5.74) is 1.81. The summed E-state index contributed by atoms with van der Waals surface area (Å²) in [7, 11) is 1.27. The van der Waals surface area contributed by atoms with E-state index in [1.54, 1.807) is 33.9 Å². The summed E-state index contributed by atoms with van der Waals surface area (Å²) in [6.07, 6.45) is 5.08. The number of nitrogens with zero attached hydrogens (tertiary/aromatic N) is 2. The molecule has 1 fully saturated rings. The van der Waals surface area contributed by atoms with Gasteiger partial charge >= 0.3 is 12.1 Å². The predicted octanol–water partition coefficient (Wildman–Crippen LogP) is 4.33. The molecule has 1 saturated carbocycles. The lowest BCUT2D eigenvalue weighted by Crippen LogP contribution is -2.36. The van der Waals surface area contributed by atoms with Crippen LogP contribution in [0.2, 0.25) is 0 Å². The van der Waals surface area contributed by atoms with E-state index in [4.69, 9.17) is 14.2 Å². The molecule has 0 spiro atoms. The fraction of sp³-hybridized carbons (Fsp3) is 0.520. The summed E-state index contributed by atoms with van der Waals surface area (Å²) in [6.45, 7) is 7.23. The zero-order chi connectivity index (χ0) is 24.0. The Hall–Kier alpha value is -3.00. The zero-order valence-corrected chi connectivity index (χ0v) is 20.0. The second-order valence-corrected chi connectivity index (χ2v) is 9.44. The van der Waals surface area contributed by atoms with Gasteiger partial charge in [-0.15, -0.1) is 0 Å². The van der Waals surface area contributed by atoms with Crippen LogP contribution in [0.15, 0.2) is 41.7 Å². The number of fused-ring (bicyclic) bond motifs is 1. The normalized spacial score (nSPS) is 18.8. The molecule has 2 heterocycles. The average molecular weight is 456 g/mol. The first-order valence-corrected chi connectivity index (χ1v) is 11.2. The molecule has 2 aromatic heterocycles. The van der Waals surface area contributed by atoms with Crippen molar-refractivity contribution in [3.8, 4) is 0 Å². The highest BCUT2D eigenvalue weighted by atomic mass is 16.6. The van der Waals surface area contributed by atoms with Crippen molar-refractivity contribution in [3.63, 3.8) is 0 Å². The number of alkyl carbamates (subject to hydrolysis) is 1. The maximum absolute atomic E-state index is 12.1. The summed E-state index contributed by atoms with van der Waals surface area (Å²) in [4.78, 5) is 33.2. The molecule has 33 heavy (non-hydrogen) atoms. The summed E-state index contributed by atoms with van der Waals surface area (Å²) >= 11 is 0. The number of aromatic nitrogens is 2. The number of methoxy groups -OCH3 is 1. The van der Waals surface area contributed by atoms with Crippen LogP contribution in [-0.4, -0.2) is 47.5 Å². The molecule has 3 rings (SSSR count). The number of carbonyl (C=O) groups excluding carboxylic acids is 2. The van der Waals surface area contributed by atoms with Crippen LogP contribution >= 0.6 is 0 Å². The molecule has 8 nitrogen and oxygen atoms in total. The predicted molar refractivity (Wildman–Crippen MR) is 124 cm³/mol. The summed E-state index contributed by atoms with van der Waals surface area (Å²) in [5.74, 6) is -0.0497. The van der Waals surface area contributed by atoms with Crippen LogP contribution in [0.1, 0.15) is 52.7 Å². The van der Waals surface area contributed by atoms with E-state index in [1.807, 2.05) is 12.1 Å². The molecule has 8 heteroatoms. The molecular formula is C25H33N3O5. The summed E-state index contributed by atoms with van der Waals surface area (Å²) < 4.78 is 16.0. The first-order chi connectivity index (χ1) is 15.6. The minimum atomic E-state index is -0.705. The molecule has 0 atom stereocenters. The number of pyridine rings is 2. The van der Waals surface area contributed by atoms with Crippen LogP contribution < -0.4 is 5.32 Å². The molecule has 1 amide bonds. The first kappa shape index (κ1) is 24.6. The van der Waals surface area contributed by atoms with Gasteiger partial charge in [0.05, 0.1) is 19.8 Å². The number of esters is 1. The summed E-state index contributed by atoms with van der Waals surface area (Å²) in [5, 5.41) is 3.55. The van der Waals surface area contributed by atoms with Gasteiger partial charge in [-0.25, -0.2) is 19.6 Å². The second kappa shape index (κ2) is 10.7. The number of aryl methyl sites for hydroxylation is 1. The molecule has 0 aliphatic heterocycles. The Morgan fingerprint density at radius 2 is 1.94 bits per heavy atom. The van der Waals surface area contributed by atoms with Gasteiger partial charge in [0.2, 0.25) is 0 Å². The first-order valence-electron chi connectivity index (χ1n) is 11.2. The molecule has 1 aliphatic carbocycles. The van der Waals surface area contributed by atoms with E-state index < -0.39 is 17.7 Å². The van der Waals surface area contributed by atoms with Gasteiger partial charge < -0.3 is 14.2 Å². The molecule has 1 N–H and O–H groups in total. The zero-order valence-electron chi connectivity index (χ0n) is 20.0. The van der Waals surface area contributed by atoms with E-state index >= 15 is 0 Å². The maximum atomic E-state index is 12.1. The molecule has 2 aromatic rings. The van der Waals surface area contributed by atoms with Crippen molar-refractivity contribution in [2.45, 2.75) is 65.1 Å². The minimum absolute atomic E-state index is 0.0543. The highest BCUT2D eigenvalue weighted by molar-refractivity contribution is 5.93. The number of hydrogen-bond acceptors (Lipinski definition) is 7. The minimum Gasteiger partial charge on any atom is -0.464 e. The van der Waals surface area contributed by atoms with Gasteiger partial charge in [0.1, 0.15) is 11.3 Å². The highest BCUT2D eigenvalue weighted by Crippen LogP contribution is 2.34. The fourth-order valence-electron chi connectivity index (χ4n) is 3.68. The molecule has 0 unspecified atom stereocenters. The van der Waals surface area contributed by atoms with Crippen molar-refractivity contribution < 1.29 is 23.8 Å². The topological polar surface area (TPSA) is 99.6 Å². The standard InChI is InChI=1S/C25H33N3O5/c1-16(21(23(29)31-5)28-24(30)33-25(2,3)4)15-32-20-13-17(14-20)8-10-19-11-9-18-7-6-12-26-22(18)27-19/h6-7,9,11-12,17,20H,8,10,13-15H2,1-5H3,(H,28,30). The largest absolute Gasteiger partial charge is 0.464 e. The highest BCUT2D eigenvalue weighted by Gasteiger charge is 2.30. The Morgan fingerprint density at radius 3 is 2.64 bits per heavy atom. The third-order valence-corrected chi connectivity index (χ3v) is 5.50. The van der Waals surface area contributed by atoms with Gasteiger partial charge in [-0.1, -0.05) is 0 Å². The van der Waals surface area contributed by atoms with Crippen LogP contribution in [0.4, 0.5) is 4.79 Å². The molecule has 1 aliphatic rings. The third kappa shape index (κ3) is 7.25. The van der Waals surface area contributed by atoms with Crippen LogP contribution in [0.5, 0.6) is 0 Å². The number of nitrogens with one attached hydrogen (secondary N) is 1. The van der Waals surface area contributed by atoms with E-state index in [0.29, 0.717) is 11.5 Å². The molecule has 178 valence electrons. The lowest BCUT2D eigenvalue weighted by Gasteiger charge is -2.35. The van der Waals surface area contributed by atoms with Crippen molar-refractivity contribution in [1.82, 2.24) is 15.3 Å². The monoisotopic (exact) mass is 455 g/mol. The van der Waals surface area contributed by atoms with Gasteiger partial charge in [0, 0.05) is 17.3 Å². The van der Waals surface area contributed by atoms with Crippen molar-refractivity contribution in [3.05, 3.63) is 47.4 Å². The van der Waals surface area contributed by atoms with Gasteiger partial charge in [-0.05, 0) is 89.1 Å². The van der Waals surface area contributed by atoms with Crippen molar-refractivity contribution in [2.24, 2.45) is 5.92 Å². The molecular weight excluding hydrogens is 422 g/mol. The van der Waals surface area contributed by atoms with Gasteiger partial charge in [0.15, 0.2) is 5.65 Å². The van der Waals surface area contributed by atoms with E-state index in [1.165, 1.54) is 7.11 Å². The Morgan fingerprint density at radius 1 is 1.18 bits per heavy atom. The van der Waals surface area contributed by atoms with E-state index in [-0.39, 0.29) is 18.4 Å². The summed E-state index contributed by atoms with van der Waals surface area (Å²) in [6, 6.07) is 8.06. The van der Waals surface area contributed by atoms with Gasteiger partial charge in [0.25, 0.3) is 0 Å². The smallest absolute Gasteiger partial charge is 0.412 e. The van der Waals surface area contributed by atoms with E-state index in [9.17, 15) is 9.59 Å². The second-order valence-electron chi connectivity index (χ2n) is 9.44.